The van der Waals surface area contributed by atoms with E-state index < -0.39 is 11.6 Å². The smallest absolute Gasteiger partial charge is 0.191 e. The molecule has 0 aliphatic carbocycles. The lowest BCUT2D eigenvalue weighted by molar-refractivity contribution is 0.474. The maximum absolute atomic E-state index is 14.0. The number of anilines is 1. The second-order valence-corrected chi connectivity index (χ2v) is 6.54. The van der Waals surface area contributed by atoms with Gasteiger partial charge in [0.15, 0.2) is 5.96 Å². The van der Waals surface area contributed by atoms with Crippen LogP contribution in [0.3, 0.4) is 0 Å². The number of aliphatic imine (C=N–C) groups is 1. The van der Waals surface area contributed by atoms with E-state index in [4.69, 9.17) is 0 Å². The number of phenols is 1. The Morgan fingerprint density at radius 1 is 1.25 bits per heavy atom. The van der Waals surface area contributed by atoms with Gasteiger partial charge in [-0.05, 0) is 43.2 Å². The van der Waals surface area contributed by atoms with Crippen LogP contribution in [0.1, 0.15) is 18.9 Å². The number of halogens is 3. The molecule has 1 fully saturated rings. The summed E-state index contributed by atoms with van der Waals surface area (Å²) in [5, 5.41) is 16.1. The van der Waals surface area contributed by atoms with Gasteiger partial charge in [0, 0.05) is 31.7 Å². The van der Waals surface area contributed by atoms with Crippen LogP contribution in [0.5, 0.6) is 5.75 Å². The van der Waals surface area contributed by atoms with E-state index in [0.29, 0.717) is 31.3 Å². The number of rotatable bonds is 5. The summed E-state index contributed by atoms with van der Waals surface area (Å²) in [5.41, 5.74) is 1.33. The molecular weight excluding hydrogens is 477 g/mol. The fourth-order valence-corrected chi connectivity index (χ4v) is 3.17. The lowest BCUT2D eigenvalue weighted by Crippen LogP contribution is -2.44. The predicted octanol–water partition coefficient (Wildman–Crippen LogP) is 3.62. The molecule has 8 heteroatoms. The number of benzene rings is 2. The molecule has 0 aromatic heterocycles. The summed E-state index contributed by atoms with van der Waals surface area (Å²) in [6.45, 7) is 4.44. The summed E-state index contributed by atoms with van der Waals surface area (Å²) in [4.78, 5) is 6.46. The Morgan fingerprint density at radius 2 is 2.07 bits per heavy atom. The summed E-state index contributed by atoms with van der Waals surface area (Å²) in [6, 6.07) is 10.8. The molecule has 28 heavy (non-hydrogen) atoms. The molecule has 0 spiro atoms. The molecule has 2 aromatic carbocycles. The number of nitrogens with one attached hydrogen (secondary N) is 2. The fraction of sp³-hybridized carbons (Fsp3) is 0.350. The lowest BCUT2D eigenvalue weighted by atomic mass is 10.2. The standard InChI is InChI=1S/C20H24F2N4O.HI/c1-2-23-20(24-12-14-4-3-5-17(27)10-14)25-16-8-9-26(13-16)19-7-6-15(21)11-18(19)22;/h3-7,10-11,16,27H,2,8-9,12-13H2,1H3,(H2,23,24,25);1H. The Balaban J connectivity index is 0.00000280. The van der Waals surface area contributed by atoms with Gasteiger partial charge in [-0.15, -0.1) is 24.0 Å². The van der Waals surface area contributed by atoms with E-state index in [0.717, 1.165) is 24.6 Å². The zero-order valence-electron chi connectivity index (χ0n) is 15.7. The van der Waals surface area contributed by atoms with Crippen LogP contribution in [0, 0.1) is 11.6 Å². The second-order valence-electron chi connectivity index (χ2n) is 6.54. The Kier molecular flexibility index (Phi) is 8.28. The Morgan fingerprint density at radius 3 is 2.79 bits per heavy atom. The van der Waals surface area contributed by atoms with Crippen LogP contribution in [0.4, 0.5) is 14.5 Å². The molecule has 1 aliphatic rings. The lowest BCUT2D eigenvalue weighted by Gasteiger charge is -2.21. The van der Waals surface area contributed by atoms with E-state index in [1.165, 1.54) is 12.1 Å². The van der Waals surface area contributed by atoms with Gasteiger partial charge in [0.2, 0.25) is 0 Å². The molecule has 0 saturated carbocycles. The molecule has 1 atom stereocenters. The minimum atomic E-state index is -0.571. The zero-order chi connectivity index (χ0) is 19.2. The SMILES string of the molecule is CCNC(=NCc1cccc(O)c1)NC1CCN(c2ccc(F)cc2F)C1.I. The normalized spacial score (nSPS) is 16.6. The van der Waals surface area contributed by atoms with E-state index in [2.05, 4.69) is 15.6 Å². The summed E-state index contributed by atoms with van der Waals surface area (Å²) in [6.07, 6.45) is 0.827. The topological polar surface area (TPSA) is 59.9 Å². The van der Waals surface area contributed by atoms with Gasteiger partial charge in [0.25, 0.3) is 0 Å². The molecule has 3 rings (SSSR count). The molecule has 2 aromatic rings. The van der Waals surface area contributed by atoms with Crippen molar-refractivity contribution in [3.63, 3.8) is 0 Å². The van der Waals surface area contributed by atoms with Gasteiger partial charge in [-0.25, -0.2) is 13.8 Å². The molecule has 1 heterocycles. The quantitative estimate of drug-likeness (QED) is 0.332. The number of hydrogen-bond acceptors (Lipinski definition) is 3. The van der Waals surface area contributed by atoms with Gasteiger partial charge in [0.1, 0.15) is 17.4 Å². The molecule has 152 valence electrons. The van der Waals surface area contributed by atoms with Gasteiger partial charge >= 0.3 is 0 Å². The van der Waals surface area contributed by atoms with Gasteiger partial charge in [-0.2, -0.15) is 0 Å². The van der Waals surface area contributed by atoms with Crippen molar-refractivity contribution in [1.29, 1.82) is 0 Å². The van der Waals surface area contributed by atoms with E-state index >= 15 is 0 Å². The van der Waals surface area contributed by atoms with Crippen LogP contribution >= 0.6 is 24.0 Å². The first kappa shape index (κ1) is 22.2. The van der Waals surface area contributed by atoms with Crippen molar-refractivity contribution in [3.8, 4) is 5.75 Å². The third-order valence-electron chi connectivity index (χ3n) is 4.45. The molecule has 3 N–H and O–H groups in total. The fourth-order valence-electron chi connectivity index (χ4n) is 3.17. The minimum Gasteiger partial charge on any atom is -0.508 e. The molecule has 1 unspecified atom stereocenters. The summed E-state index contributed by atoms with van der Waals surface area (Å²) < 4.78 is 27.1. The molecule has 0 bridgehead atoms. The number of guanidine groups is 1. The van der Waals surface area contributed by atoms with Crippen LogP contribution < -0.4 is 15.5 Å². The first-order valence-electron chi connectivity index (χ1n) is 9.08. The van der Waals surface area contributed by atoms with E-state index in [1.54, 1.807) is 18.2 Å². The number of aromatic hydroxyl groups is 1. The largest absolute Gasteiger partial charge is 0.508 e. The van der Waals surface area contributed by atoms with Gasteiger partial charge in [0.05, 0.1) is 12.2 Å². The molecule has 0 amide bonds. The average molecular weight is 502 g/mol. The van der Waals surface area contributed by atoms with Crippen LogP contribution in [-0.4, -0.2) is 36.7 Å². The molecular formula is C20H25F2IN4O. The predicted molar refractivity (Wildman–Crippen MR) is 118 cm³/mol. The molecule has 5 nitrogen and oxygen atoms in total. The van der Waals surface area contributed by atoms with Crippen molar-refractivity contribution >= 4 is 35.6 Å². The van der Waals surface area contributed by atoms with Crippen LogP contribution in [0.25, 0.3) is 0 Å². The van der Waals surface area contributed by atoms with E-state index in [-0.39, 0.29) is 35.8 Å². The van der Waals surface area contributed by atoms with E-state index in [9.17, 15) is 13.9 Å². The minimum absolute atomic E-state index is 0. The van der Waals surface area contributed by atoms with Crippen molar-refractivity contribution in [1.82, 2.24) is 10.6 Å². The van der Waals surface area contributed by atoms with Crippen molar-refractivity contribution in [3.05, 3.63) is 59.7 Å². The summed E-state index contributed by atoms with van der Waals surface area (Å²) in [7, 11) is 0. The maximum Gasteiger partial charge on any atom is 0.191 e. The number of nitrogens with zero attached hydrogens (tertiary/aromatic N) is 2. The molecule has 1 aliphatic heterocycles. The Labute approximate surface area is 180 Å². The highest BCUT2D eigenvalue weighted by molar-refractivity contribution is 14.0. The highest BCUT2D eigenvalue weighted by atomic mass is 127. The summed E-state index contributed by atoms with van der Waals surface area (Å²) >= 11 is 0. The van der Waals surface area contributed by atoms with Crippen molar-refractivity contribution in [2.45, 2.75) is 25.9 Å². The molecule has 0 radical (unpaired) electrons. The highest BCUT2D eigenvalue weighted by Gasteiger charge is 2.25. The van der Waals surface area contributed by atoms with Gasteiger partial charge in [-0.1, -0.05) is 12.1 Å². The maximum atomic E-state index is 14.0. The first-order valence-corrected chi connectivity index (χ1v) is 9.08. The van der Waals surface area contributed by atoms with Crippen molar-refractivity contribution < 1.29 is 13.9 Å². The molecule has 1 saturated heterocycles. The average Bonchev–Trinajstić information content (AvgIpc) is 3.08. The monoisotopic (exact) mass is 502 g/mol. The zero-order valence-corrected chi connectivity index (χ0v) is 18.0. The van der Waals surface area contributed by atoms with Crippen molar-refractivity contribution in [2.24, 2.45) is 4.99 Å². The Bertz CT molecular complexity index is 819. The van der Waals surface area contributed by atoms with Crippen LogP contribution in [0.2, 0.25) is 0 Å². The Hall–Kier alpha value is -2.10. The van der Waals surface area contributed by atoms with Crippen LogP contribution in [-0.2, 0) is 6.54 Å². The summed E-state index contributed by atoms with van der Waals surface area (Å²) in [5.74, 6) is -0.223. The van der Waals surface area contributed by atoms with Crippen LogP contribution in [0.15, 0.2) is 47.5 Å². The van der Waals surface area contributed by atoms with E-state index in [1.807, 2.05) is 17.9 Å². The third kappa shape index (κ3) is 5.95. The number of phenolic OH excluding ortho intramolecular Hbond substituents is 1. The number of hydrogen-bond donors (Lipinski definition) is 3. The van der Waals surface area contributed by atoms with Crippen molar-refractivity contribution in [2.75, 3.05) is 24.5 Å². The first-order chi connectivity index (χ1) is 13.0. The van der Waals surface area contributed by atoms with Gasteiger partial charge < -0.3 is 20.6 Å². The third-order valence-corrected chi connectivity index (χ3v) is 4.45. The van der Waals surface area contributed by atoms with Gasteiger partial charge in [-0.3, -0.25) is 0 Å². The highest BCUT2D eigenvalue weighted by Crippen LogP contribution is 2.24. The second kappa shape index (κ2) is 10.4.